The molecule has 9 nitrogen and oxygen atoms in total. The molecule has 1 aliphatic carbocycles. The summed E-state index contributed by atoms with van der Waals surface area (Å²) in [5.41, 5.74) is 0.907. The molecule has 0 radical (unpaired) electrons. The van der Waals surface area contributed by atoms with Crippen LogP contribution in [0.1, 0.15) is 52.2 Å². The van der Waals surface area contributed by atoms with Crippen LogP contribution in [0.5, 0.6) is 0 Å². The van der Waals surface area contributed by atoms with Crippen molar-refractivity contribution in [3.05, 3.63) is 71.8 Å². The van der Waals surface area contributed by atoms with Crippen molar-refractivity contribution in [3.8, 4) is 0 Å². The van der Waals surface area contributed by atoms with Gasteiger partial charge >= 0.3 is 18.3 Å². The molecular weight excluding hydrogens is 510 g/mol. The van der Waals surface area contributed by atoms with E-state index in [2.05, 4.69) is 24.5 Å². The van der Waals surface area contributed by atoms with E-state index in [4.69, 9.17) is 14.2 Å². The highest BCUT2D eigenvalue weighted by Crippen LogP contribution is 2.50. The van der Waals surface area contributed by atoms with Gasteiger partial charge in [-0.3, -0.25) is 0 Å². The molecule has 1 fully saturated rings. The molecule has 3 amide bonds. The maximum atomic E-state index is 12.8. The first-order chi connectivity index (χ1) is 18.8. The first kappa shape index (κ1) is 30.8. The van der Waals surface area contributed by atoms with Crippen LogP contribution < -0.4 is 10.6 Å². The summed E-state index contributed by atoms with van der Waals surface area (Å²) in [5.74, 6) is -0.00327. The first-order valence-electron chi connectivity index (χ1n) is 13.7. The van der Waals surface area contributed by atoms with Gasteiger partial charge in [-0.25, -0.2) is 14.4 Å². The van der Waals surface area contributed by atoms with Crippen LogP contribution >= 0.6 is 0 Å². The lowest BCUT2D eigenvalue weighted by molar-refractivity contribution is -0.0384. The van der Waals surface area contributed by atoms with Crippen LogP contribution in [0.4, 0.5) is 14.4 Å². The average molecular weight is 554 g/mol. The Kier molecular flexibility index (Phi) is 10.4. The molecule has 9 heteroatoms. The van der Waals surface area contributed by atoms with Gasteiger partial charge in [0, 0.05) is 26.2 Å². The molecule has 0 aliphatic heterocycles. The number of ether oxygens (including phenoxy) is 3. The third-order valence-electron chi connectivity index (χ3n) is 7.35. The molecular formula is C31H43N3O6. The van der Waals surface area contributed by atoms with Crippen molar-refractivity contribution in [2.45, 2.75) is 65.9 Å². The van der Waals surface area contributed by atoms with Gasteiger partial charge in [0.05, 0.1) is 0 Å². The van der Waals surface area contributed by atoms with E-state index in [-0.39, 0.29) is 36.5 Å². The Morgan fingerprint density at radius 3 is 2.00 bits per heavy atom. The second-order valence-corrected chi connectivity index (χ2v) is 12.0. The number of nitrogens with zero attached hydrogens (tertiary/aromatic N) is 1. The highest BCUT2D eigenvalue weighted by molar-refractivity contribution is 5.69. The summed E-state index contributed by atoms with van der Waals surface area (Å²) in [4.78, 5) is 39.3. The summed E-state index contributed by atoms with van der Waals surface area (Å²) in [5, 5.41) is 5.86. The third kappa shape index (κ3) is 9.17. The second-order valence-electron chi connectivity index (χ2n) is 12.0. The number of carbonyl (C=O) groups excluding carboxylic acids is 3. The summed E-state index contributed by atoms with van der Waals surface area (Å²) >= 11 is 0. The zero-order valence-corrected chi connectivity index (χ0v) is 24.4. The van der Waals surface area contributed by atoms with E-state index < -0.39 is 23.9 Å². The second kappa shape index (κ2) is 13.5. The number of nitrogens with one attached hydrogen (secondary N) is 2. The van der Waals surface area contributed by atoms with E-state index in [0.29, 0.717) is 19.5 Å². The summed E-state index contributed by atoms with van der Waals surface area (Å²) in [6, 6.07) is 18.9. The van der Waals surface area contributed by atoms with Gasteiger partial charge in [-0.2, -0.15) is 0 Å². The molecule has 0 spiro atoms. The van der Waals surface area contributed by atoms with Crippen LogP contribution in [0.25, 0.3) is 0 Å². The van der Waals surface area contributed by atoms with E-state index in [9.17, 15) is 14.4 Å². The summed E-state index contributed by atoms with van der Waals surface area (Å²) in [6.45, 7) is 10.6. The SMILES string of the molecule is CN(CC(CNC(=O)OCc1ccccc1)[C@H]1C[C@@H](NC(=O)OC(C)(C)C)C1(C)C)C(=O)OCc1ccccc1. The lowest BCUT2D eigenvalue weighted by atomic mass is 9.54. The Labute approximate surface area is 237 Å². The number of hydrogen-bond donors (Lipinski definition) is 2. The van der Waals surface area contributed by atoms with E-state index in [0.717, 1.165) is 11.1 Å². The van der Waals surface area contributed by atoms with Crippen molar-refractivity contribution >= 4 is 18.3 Å². The van der Waals surface area contributed by atoms with Crippen molar-refractivity contribution in [3.63, 3.8) is 0 Å². The zero-order valence-electron chi connectivity index (χ0n) is 24.4. The minimum atomic E-state index is -0.591. The van der Waals surface area contributed by atoms with Crippen molar-refractivity contribution in [2.75, 3.05) is 20.1 Å². The molecule has 1 aliphatic rings. The standard InChI is InChI=1S/C31H43N3O6/c1-30(2,3)40-28(36)33-26-17-25(31(26,4)5)24(18-32-27(35)38-20-22-13-9-7-10-14-22)19-34(6)29(37)39-21-23-15-11-8-12-16-23/h7-16,24-26H,17-21H2,1-6H3,(H,32,35)(H,33,36)/t24?,25-,26-/m1/s1. The number of amides is 3. The molecule has 1 saturated carbocycles. The van der Waals surface area contributed by atoms with Crippen molar-refractivity contribution in [1.29, 1.82) is 0 Å². The molecule has 0 bridgehead atoms. The summed E-state index contributed by atoms with van der Waals surface area (Å²) in [7, 11) is 1.69. The lowest BCUT2D eigenvalue weighted by Crippen LogP contribution is -2.62. The van der Waals surface area contributed by atoms with Crippen molar-refractivity contribution in [1.82, 2.24) is 15.5 Å². The van der Waals surface area contributed by atoms with Crippen LogP contribution in [0.2, 0.25) is 0 Å². The number of alkyl carbamates (subject to hydrolysis) is 2. The van der Waals surface area contributed by atoms with Gasteiger partial charge in [-0.15, -0.1) is 0 Å². The Balaban J connectivity index is 1.61. The zero-order chi connectivity index (χ0) is 29.3. The maximum Gasteiger partial charge on any atom is 0.409 e. The highest BCUT2D eigenvalue weighted by Gasteiger charge is 2.52. The minimum absolute atomic E-state index is 0.102. The Morgan fingerprint density at radius 2 is 1.48 bits per heavy atom. The molecule has 3 rings (SSSR count). The monoisotopic (exact) mass is 553 g/mol. The average Bonchev–Trinajstić information content (AvgIpc) is 2.91. The number of carbonyl (C=O) groups is 3. The Bertz CT molecular complexity index is 1120. The molecule has 0 saturated heterocycles. The first-order valence-corrected chi connectivity index (χ1v) is 13.7. The molecule has 0 heterocycles. The summed E-state index contributed by atoms with van der Waals surface area (Å²) in [6.07, 6.45) is -0.737. The minimum Gasteiger partial charge on any atom is -0.445 e. The van der Waals surface area contributed by atoms with E-state index >= 15 is 0 Å². The predicted molar refractivity (Wildman–Crippen MR) is 152 cm³/mol. The fourth-order valence-corrected chi connectivity index (χ4v) is 5.03. The van der Waals surface area contributed by atoms with E-state index in [1.165, 1.54) is 4.90 Å². The van der Waals surface area contributed by atoms with E-state index in [1.54, 1.807) is 7.05 Å². The normalized spacial score (nSPS) is 18.4. The van der Waals surface area contributed by atoms with Crippen LogP contribution in [0.3, 0.4) is 0 Å². The predicted octanol–water partition coefficient (Wildman–Crippen LogP) is 5.74. The largest absolute Gasteiger partial charge is 0.445 e. The quantitative estimate of drug-likeness (QED) is 0.364. The van der Waals surface area contributed by atoms with Gasteiger partial charge in [0.2, 0.25) is 0 Å². The number of benzene rings is 2. The Hall–Kier alpha value is -3.75. The van der Waals surface area contributed by atoms with Crippen LogP contribution in [-0.2, 0) is 27.4 Å². The number of hydrogen-bond acceptors (Lipinski definition) is 6. The molecule has 40 heavy (non-hydrogen) atoms. The third-order valence-corrected chi connectivity index (χ3v) is 7.35. The molecule has 2 aromatic rings. The fourth-order valence-electron chi connectivity index (χ4n) is 5.03. The Morgan fingerprint density at radius 1 is 0.925 bits per heavy atom. The maximum absolute atomic E-state index is 12.8. The van der Waals surface area contributed by atoms with Crippen LogP contribution in [0.15, 0.2) is 60.7 Å². The lowest BCUT2D eigenvalue weighted by Gasteiger charge is -2.55. The molecule has 0 aromatic heterocycles. The van der Waals surface area contributed by atoms with Crippen molar-refractivity contribution in [2.24, 2.45) is 17.3 Å². The van der Waals surface area contributed by atoms with Gasteiger partial charge < -0.3 is 29.7 Å². The van der Waals surface area contributed by atoms with Gasteiger partial charge in [-0.1, -0.05) is 74.5 Å². The molecule has 3 atom stereocenters. The summed E-state index contributed by atoms with van der Waals surface area (Å²) < 4.78 is 16.3. The van der Waals surface area contributed by atoms with Gasteiger partial charge in [0.25, 0.3) is 0 Å². The van der Waals surface area contributed by atoms with Gasteiger partial charge in [-0.05, 0) is 55.6 Å². The van der Waals surface area contributed by atoms with Crippen molar-refractivity contribution < 1.29 is 28.6 Å². The van der Waals surface area contributed by atoms with Crippen LogP contribution in [0, 0.1) is 17.3 Å². The topological polar surface area (TPSA) is 106 Å². The molecule has 2 aromatic carbocycles. The molecule has 2 N–H and O–H groups in total. The molecule has 218 valence electrons. The smallest absolute Gasteiger partial charge is 0.409 e. The van der Waals surface area contributed by atoms with Gasteiger partial charge in [0.1, 0.15) is 18.8 Å². The highest BCUT2D eigenvalue weighted by atomic mass is 16.6. The molecule has 1 unspecified atom stereocenters. The number of rotatable bonds is 10. The van der Waals surface area contributed by atoms with E-state index in [1.807, 2.05) is 81.4 Å². The van der Waals surface area contributed by atoms with Gasteiger partial charge in [0.15, 0.2) is 0 Å². The van der Waals surface area contributed by atoms with Crippen LogP contribution in [-0.4, -0.2) is 55.0 Å². The fraction of sp³-hybridized carbons (Fsp3) is 0.516.